The molecule has 0 heterocycles. The van der Waals surface area contributed by atoms with Crippen LogP contribution in [0.5, 0.6) is 0 Å². The zero-order valence-electron chi connectivity index (χ0n) is 14.2. The smallest absolute Gasteiger partial charge is 0.139 e. The highest BCUT2D eigenvalue weighted by Crippen LogP contribution is 2.66. The molecule has 0 spiro atoms. The molecule has 0 aliphatic heterocycles. The van der Waals surface area contributed by atoms with Gasteiger partial charge in [0.1, 0.15) is 17.6 Å². The molecule has 0 aromatic heterocycles. The third-order valence-corrected chi connectivity index (χ3v) is 8.49. The van der Waals surface area contributed by atoms with Crippen LogP contribution in [-0.4, -0.2) is 33.9 Å². The number of carbonyl (C=O) groups excluding carboxylic acids is 1. The summed E-state index contributed by atoms with van der Waals surface area (Å²) >= 11 is 0. The summed E-state index contributed by atoms with van der Waals surface area (Å²) < 4.78 is 15.1. The third kappa shape index (κ3) is 1.85. The first-order valence-electron chi connectivity index (χ1n) is 9.30. The van der Waals surface area contributed by atoms with Crippen molar-refractivity contribution in [1.82, 2.24) is 0 Å². The Labute approximate surface area is 137 Å². The molecule has 5 unspecified atom stereocenters. The van der Waals surface area contributed by atoms with Crippen LogP contribution >= 0.6 is 0 Å². The summed E-state index contributed by atoms with van der Waals surface area (Å²) in [7, 11) is 0. The Kier molecular flexibility index (Phi) is 3.33. The van der Waals surface area contributed by atoms with E-state index in [1.54, 1.807) is 0 Å². The number of alkyl halides is 1. The zero-order chi connectivity index (χ0) is 16.6. The van der Waals surface area contributed by atoms with Gasteiger partial charge in [-0.25, -0.2) is 4.39 Å². The van der Waals surface area contributed by atoms with Crippen LogP contribution in [0.25, 0.3) is 0 Å². The number of aliphatic hydroxyl groups excluding tert-OH is 1. The van der Waals surface area contributed by atoms with Gasteiger partial charge in [-0.2, -0.15) is 0 Å². The summed E-state index contributed by atoms with van der Waals surface area (Å²) in [5.74, 6) is 1.12. The van der Waals surface area contributed by atoms with Crippen LogP contribution in [-0.2, 0) is 4.79 Å². The van der Waals surface area contributed by atoms with E-state index in [0.29, 0.717) is 31.5 Å². The Morgan fingerprint density at radius 1 is 1.13 bits per heavy atom. The Morgan fingerprint density at radius 3 is 2.61 bits per heavy atom. The van der Waals surface area contributed by atoms with Crippen molar-refractivity contribution in [2.45, 2.75) is 83.1 Å². The first-order valence-corrected chi connectivity index (χ1v) is 9.30. The molecule has 0 aromatic rings. The highest BCUT2D eigenvalue weighted by atomic mass is 19.1. The van der Waals surface area contributed by atoms with Crippen molar-refractivity contribution in [3.05, 3.63) is 0 Å². The molecule has 0 amide bonds. The molecular weight excluding hydrogens is 295 g/mol. The van der Waals surface area contributed by atoms with Crippen molar-refractivity contribution in [1.29, 1.82) is 0 Å². The molecule has 23 heavy (non-hydrogen) atoms. The van der Waals surface area contributed by atoms with Crippen molar-refractivity contribution in [2.75, 3.05) is 0 Å². The second kappa shape index (κ2) is 4.78. The van der Waals surface area contributed by atoms with Gasteiger partial charge in [0.05, 0.1) is 6.10 Å². The summed E-state index contributed by atoms with van der Waals surface area (Å²) in [6.45, 7) is 4.13. The quantitative estimate of drug-likeness (QED) is 0.720. The Balaban J connectivity index is 1.72. The van der Waals surface area contributed by atoms with E-state index < -0.39 is 23.3 Å². The van der Waals surface area contributed by atoms with Gasteiger partial charge in [-0.1, -0.05) is 13.8 Å². The first kappa shape index (κ1) is 16.0. The SMILES string of the molecule is CC12CCC3C(C[C@@H](F)[C@@]4(O)C[C@@H](O)CCC34C)C1CCC2=O. The number of ketones is 1. The molecule has 4 aliphatic carbocycles. The van der Waals surface area contributed by atoms with Crippen molar-refractivity contribution in [3.8, 4) is 0 Å². The predicted octanol–water partition coefficient (Wildman–Crippen LogP) is 3.02. The second-order valence-corrected chi connectivity index (χ2v) is 9.24. The Hall–Kier alpha value is -0.480. The van der Waals surface area contributed by atoms with Gasteiger partial charge in [-0.3, -0.25) is 4.79 Å². The molecule has 130 valence electrons. The monoisotopic (exact) mass is 324 g/mol. The maximum Gasteiger partial charge on any atom is 0.139 e. The molecule has 0 saturated heterocycles. The van der Waals surface area contributed by atoms with E-state index in [4.69, 9.17) is 0 Å². The molecule has 0 radical (unpaired) electrons. The van der Waals surface area contributed by atoms with E-state index in [9.17, 15) is 15.0 Å². The number of halogens is 1. The van der Waals surface area contributed by atoms with Crippen LogP contribution in [0.2, 0.25) is 0 Å². The fourth-order valence-electron chi connectivity index (χ4n) is 6.98. The first-order chi connectivity index (χ1) is 10.7. The molecule has 0 aromatic carbocycles. The minimum absolute atomic E-state index is 0.161. The minimum atomic E-state index is -1.40. The molecular formula is C19H29FO3. The van der Waals surface area contributed by atoms with E-state index in [0.717, 1.165) is 19.3 Å². The number of carbonyl (C=O) groups is 1. The normalized spacial score (nSPS) is 59.2. The van der Waals surface area contributed by atoms with E-state index in [-0.39, 0.29) is 29.6 Å². The van der Waals surface area contributed by atoms with Crippen molar-refractivity contribution in [2.24, 2.45) is 28.6 Å². The molecule has 3 nitrogen and oxygen atoms in total. The Morgan fingerprint density at radius 2 is 1.87 bits per heavy atom. The number of aliphatic hydroxyl groups is 2. The number of fused-ring (bicyclic) bond motifs is 5. The van der Waals surface area contributed by atoms with Gasteiger partial charge in [0.25, 0.3) is 0 Å². The lowest BCUT2D eigenvalue weighted by Gasteiger charge is -2.64. The highest BCUT2D eigenvalue weighted by molar-refractivity contribution is 5.87. The minimum Gasteiger partial charge on any atom is -0.393 e. The summed E-state index contributed by atoms with van der Waals surface area (Å²) in [6, 6.07) is 0. The number of hydrogen-bond donors (Lipinski definition) is 2. The molecule has 0 bridgehead atoms. The number of hydrogen-bond acceptors (Lipinski definition) is 3. The molecule has 4 heteroatoms. The van der Waals surface area contributed by atoms with Gasteiger partial charge in [-0.15, -0.1) is 0 Å². The molecule has 4 rings (SSSR count). The number of rotatable bonds is 0. The predicted molar refractivity (Wildman–Crippen MR) is 84.5 cm³/mol. The average Bonchev–Trinajstić information content (AvgIpc) is 2.79. The van der Waals surface area contributed by atoms with Gasteiger partial charge >= 0.3 is 0 Å². The fraction of sp³-hybridized carbons (Fsp3) is 0.947. The van der Waals surface area contributed by atoms with Crippen molar-refractivity contribution in [3.63, 3.8) is 0 Å². The van der Waals surface area contributed by atoms with Gasteiger partial charge in [-0.05, 0) is 56.3 Å². The van der Waals surface area contributed by atoms with Crippen molar-refractivity contribution < 1.29 is 19.4 Å². The molecule has 4 fully saturated rings. The highest BCUT2D eigenvalue weighted by Gasteiger charge is 2.67. The lowest BCUT2D eigenvalue weighted by Crippen LogP contribution is -2.67. The van der Waals surface area contributed by atoms with Crippen LogP contribution in [0.15, 0.2) is 0 Å². The van der Waals surface area contributed by atoms with Crippen LogP contribution in [0, 0.1) is 28.6 Å². The topological polar surface area (TPSA) is 57.5 Å². The number of Topliss-reactive ketones (excluding diaryl/α,β-unsaturated/α-hetero) is 1. The summed E-state index contributed by atoms with van der Waals surface area (Å²) in [5.41, 5.74) is -2.13. The molecule has 4 saturated carbocycles. The van der Waals surface area contributed by atoms with Crippen molar-refractivity contribution >= 4 is 5.78 Å². The Bertz CT molecular complexity index is 537. The van der Waals surface area contributed by atoms with Crippen LogP contribution in [0.1, 0.15) is 65.2 Å². The van der Waals surface area contributed by atoms with E-state index >= 15 is 4.39 Å². The molecule has 2 N–H and O–H groups in total. The van der Waals surface area contributed by atoms with Gasteiger partial charge in [0.2, 0.25) is 0 Å². The molecule has 8 atom stereocenters. The standard InChI is InChI=1S/C19H29FO3/c1-17-7-6-14-12(13(17)3-4-16(17)22)9-15(20)19(23)10-11(21)5-8-18(14,19)2/h11-15,21,23H,3-10H2,1-2H3/t11-,12?,13?,14?,15+,17?,18?,19-/m0/s1. The van der Waals surface area contributed by atoms with Gasteiger partial charge in [0, 0.05) is 23.7 Å². The largest absolute Gasteiger partial charge is 0.393 e. The summed E-state index contributed by atoms with van der Waals surface area (Å²) in [5, 5.41) is 21.2. The fourth-order valence-corrected chi connectivity index (χ4v) is 6.98. The van der Waals surface area contributed by atoms with E-state index in [1.807, 2.05) is 6.92 Å². The second-order valence-electron chi connectivity index (χ2n) is 9.24. The van der Waals surface area contributed by atoms with Crippen LogP contribution in [0.4, 0.5) is 4.39 Å². The average molecular weight is 324 g/mol. The maximum absolute atomic E-state index is 15.1. The van der Waals surface area contributed by atoms with Crippen LogP contribution < -0.4 is 0 Å². The lowest BCUT2D eigenvalue weighted by molar-refractivity contribution is -0.247. The third-order valence-electron chi connectivity index (χ3n) is 8.49. The zero-order valence-corrected chi connectivity index (χ0v) is 14.2. The maximum atomic E-state index is 15.1. The van der Waals surface area contributed by atoms with E-state index in [2.05, 4.69) is 6.92 Å². The van der Waals surface area contributed by atoms with Crippen LogP contribution in [0.3, 0.4) is 0 Å². The summed E-state index contributed by atoms with van der Waals surface area (Å²) in [4.78, 5) is 12.4. The van der Waals surface area contributed by atoms with Gasteiger partial charge in [0.15, 0.2) is 0 Å². The lowest BCUT2D eigenvalue weighted by atomic mass is 9.43. The summed E-state index contributed by atoms with van der Waals surface area (Å²) in [6.07, 6.45) is 3.28. The van der Waals surface area contributed by atoms with Gasteiger partial charge < -0.3 is 10.2 Å². The molecule has 4 aliphatic rings. The van der Waals surface area contributed by atoms with E-state index in [1.165, 1.54) is 0 Å².